The fraction of sp³-hybridized carbons (Fsp3) is 0.692. The zero-order valence-electron chi connectivity index (χ0n) is 12.3. The van der Waals surface area contributed by atoms with Crippen molar-refractivity contribution in [2.24, 2.45) is 16.9 Å². The number of Topliss-reactive ketones (excluding diaryl/α,β-unsaturated/α-hetero) is 2. The summed E-state index contributed by atoms with van der Waals surface area (Å²) >= 11 is 3.87. The van der Waals surface area contributed by atoms with E-state index >= 15 is 0 Å². The van der Waals surface area contributed by atoms with Gasteiger partial charge in [0.2, 0.25) is 11.3 Å². The van der Waals surface area contributed by atoms with E-state index in [4.69, 9.17) is 11.5 Å². The molecular formula is C13H21N3O5S. The Morgan fingerprint density at radius 2 is 1.82 bits per heavy atom. The molecule has 6 N–H and O–H groups in total. The van der Waals surface area contributed by atoms with Crippen LogP contribution in [0.3, 0.4) is 0 Å². The Morgan fingerprint density at radius 1 is 1.36 bits per heavy atom. The van der Waals surface area contributed by atoms with E-state index in [-0.39, 0.29) is 18.6 Å². The van der Waals surface area contributed by atoms with Gasteiger partial charge in [0.1, 0.15) is 5.66 Å². The molecular weight excluding hydrogens is 310 g/mol. The smallest absolute Gasteiger partial charge is 0.328 e. The molecule has 22 heavy (non-hydrogen) atoms. The normalized spacial score (nSPS) is 22.4. The first-order valence-electron chi connectivity index (χ1n) is 6.88. The number of nitrogens with two attached hydrogens (primary N) is 2. The molecule has 1 unspecified atom stereocenters. The van der Waals surface area contributed by atoms with Gasteiger partial charge in [-0.25, -0.2) is 0 Å². The van der Waals surface area contributed by atoms with Crippen LogP contribution in [0.2, 0.25) is 0 Å². The van der Waals surface area contributed by atoms with Gasteiger partial charge in [0.15, 0.2) is 11.6 Å². The molecule has 1 fully saturated rings. The molecule has 1 aliphatic rings. The van der Waals surface area contributed by atoms with Gasteiger partial charge in [0, 0.05) is 18.6 Å². The van der Waals surface area contributed by atoms with Crippen LogP contribution >= 0.6 is 12.6 Å². The van der Waals surface area contributed by atoms with Crippen molar-refractivity contribution in [1.29, 1.82) is 0 Å². The molecule has 2 atom stereocenters. The van der Waals surface area contributed by atoms with Gasteiger partial charge >= 0.3 is 5.97 Å². The topological polar surface area (TPSA) is 153 Å². The Hall–Kier alpha value is -1.45. The van der Waals surface area contributed by atoms with E-state index in [1.807, 2.05) is 0 Å². The lowest BCUT2D eigenvalue weighted by molar-refractivity contribution is -0.165. The predicted molar refractivity (Wildman–Crippen MR) is 81.1 cm³/mol. The number of hydrogen-bond acceptors (Lipinski definition) is 7. The van der Waals surface area contributed by atoms with Crippen molar-refractivity contribution in [2.45, 2.75) is 44.3 Å². The Balaban J connectivity index is 3.32. The molecule has 0 radical (unpaired) electrons. The molecule has 0 saturated heterocycles. The monoisotopic (exact) mass is 331 g/mol. The van der Waals surface area contributed by atoms with Crippen molar-refractivity contribution in [1.82, 2.24) is 5.32 Å². The fourth-order valence-electron chi connectivity index (χ4n) is 2.67. The van der Waals surface area contributed by atoms with Gasteiger partial charge in [-0.2, -0.15) is 12.6 Å². The minimum atomic E-state index is -2.50. The maximum Gasteiger partial charge on any atom is 0.328 e. The summed E-state index contributed by atoms with van der Waals surface area (Å²) in [6.45, 7) is 1.14. The molecule has 0 aromatic rings. The van der Waals surface area contributed by atoms with Gasteiger partial charge < -0.3 is 21.9 Å². The first-order chi connectivity index (χ1) is 10.1. The Morgan fingerprint density at radius 3 is 2.18 bits per heavy atom. The second kappa shape index (κ2) is 6.76. The lowest BCUT2D eigenvalue weighted by Gasteiger charge is -2.40. The number of carboxylic acid groups (broad SMARTS) is 1. The number of thiol groups is 1. The minimum absolute atomic E-state index is 0.00385. The molecule has 0 aromatic heterocycles. The number of ketones is 2. The fourth-order valence-corrected chi connectivity index (χ4v) is 2.83. The highest BCUT2D eigenvalue weighted by molar-refractivity contribution is 7.80. The summed E-state index contributed by atoms with van der Waals surface area (Å²) < 4.78 is 0. The van der Waals surface area contributed by atoms with Gasteiger partial charge in [-0.3, -0.25) is 19.2 Å². The third-order valence-corrected chi connectivity index (χ3v) is 4.30. The van der Waals surface area contributed by atoms with Crippen molar-refractivity contribution in [3.8, 4) is 0 Å². The molecule has 1 rings (SSSR count). The molecule has 8 nitrogen and oxygen atoms in total. The first-order valence-corrected chi connectivity index (χ1v) is 7.51. The number of carbonyl (C=O) groups excluding carboxylic acids is 3. The molecule has 9 heteroatoms. The van der Waals surface area contributed by atoms with Crippen LogP contribution in [0.15, 0.2) is 0 Å². The average Bonchev–Trinajstić information content (AvgIpc) is 2.56. The van der Waals surface area contributed by atoms with Gasteiger partial charge in [-0.15, -0.1) is 0 Å². The molecule has 124 valence electrons. The van der Waals surface area contributed by atoms with Gasteiger partial charge in [0.05, 0.1) is 6.04 Å². The number of nitrogens with one attached hydrogen (secondary N) is 1. The van der Waals surface area contributed by atoms with Crippen LogP contribution in [0.5, 0.6) is 0 Å². The van der Waals surface area contributed by atoms with Gasteiger partial charge in [0.25, 0.3) is 0 Å². The third kappa shape index (κ3) is 3.01. The van der Waals surface area contributed by atoms with E-state index in [0.717, 1.165) is 6.92 Å². The van der Waals surface area contributed by atoms with Crippen LogP contribution < -0.4 is 16.8 Å². The number of hydrogen-bond donors (Lipinski definition) is 5. The van der Waals surface area contributed by atoms with Crippen LogP contribution in [-0.2, 0) is 19.2 Å². The molecule has 1 amide bonds. The van der Waals surface area contributed by atoms with Crippen LogP contribution in [0.1, 0.15) is 32.6 Å². The summed E-state index contributed by atoms with van der Waals surface area (Å²) in [5.41, 5.74) is 6.85. The Labute approximate surface area is 133 Å². The summed E-state index contributed by atoms with van der Waals surface area (Å²) in [7, 11) is 0. The summed E-state index contributed by atoms with van der Waals surface area (Å²) in [5.74, 6) is -4.02. The Bertz CT molecular complexity index is 488. The van der Waals surface area contributed by atoms with E-state index in [2.05, 4.69) is 17.9 Å². The average molecular weight is 331 g/mol. The second-order valence-electron chi connectivity index (χ2n) is 5.59. The van der Waals surface area contributed by atoms with Gasteiger partial charge in [-0.05, 0) is 19.8 Å². The number of aliphatic carboxylic acids is 1. The summed E-state index contributed by atoms with van der Waals surface area (Å²) in [6.07, 6.45) is 0.637. The van der Waals surface area contributed by atoms with E-state index in [9.17, 15) is 24.3 Å². The zero-order chi connectivity index (χ0) is 17.1. The lowest BCUT2D eigenvalue weighted by Crippen LogP contribution is -2.73. The largest absolute Gasteiger partial charge is 0.480 e. The van der Waals surface area contributed by atoms with Crippen molar-refractivity contribution in [3.63, 3.8) is 0 Å². The number of carbonyl (C=O) groups is 4. The van der Waals surface area contributed by atoms with Crippen LogP contribution in [0, 0.1) is 5.41 Å². The molecule has 0 heterocycles. The highest BCUT2D eigenvalue weighted by Gasteiger charge is 2.63. The summed E-state index contributed by atoms with van der Waals surface area (Å²) in [5, 5.41) is 11.8. The Kier molecular flexibility index (Phi) is 5.71. The molecule has 0 aromatic carbocycles. The maximum atomic E-state index is 12.4. The summed E-state index contributed by atoms with van der Waals surface area (Å²) in [6, 6.07) is -1.03. The minimum Gasteiger partial charge on any atom is -0.480 e. The van der Waals surface area contributed by atoms with Crippen molar-refractivity contribution in [2.75, 3.05) is 5.75 Å². The van der Waals surface area contributed by atoms with E-state index in [0.29, 0.717) is 12.8 Å². The molecule has 0 aliphatic heterocycles. The van der Waals surface area contributed by atoms with E-state index in [1.54, 1.807) is 0 Å². The molecule has 0 spiro atoms. The van der Waals surface area contributed by atoms with Crippen molar-refractivity contribution >= 4 is 36.1 Å². The molecule has 0 bridgehead atoms. The third-order valence-electron chi connectivity index (χ3n) is 3.91. The molecule has 1 saturated carbocycles. The second-order valence-corrected chi connectivity index (χ2v) is 5.95. The van der Waals surface area contributed by atoms with Crippen LogP contribution in [-0.4, -0.2) is 46.0 Å². The van der Waals surface area contributed by atoms with Gasteiger partial charge in [-0.1, -0.05) is 0 Å². The summed E-state index contributed by atoms with van der Waals surface area (Å²) in [4.78, 5) is 48.5. The SMILES string of the molecule is CC(N)(NC(=O)[C@@H](N)CS)C1(C(=O)O)C(=O)CCCCC1=O. The van der Waals surface area contributed by atoms with E-state index in [1.165, 1.54) is 0 Å². The number of amides is 1. The van der Waals surface area contributed by atoms with E-state index < -0.39 is 40.6 Å². The zero-order valence-corrected chi connectivity index (χ0v) is 13.2. The van der Waals surface area contributed by atoms with Crippen LogP contribution in [0.4, 0.5) is 0 Å². The van der Waals surface area contributed by atoms with Crippen molar-refractivity contribution < 1.29 is 24.3 Å². The predicted octanol–water partition coefficient (Wildman–Crippen LogP) is -1.18. The number of rotatable bonds is 5. The highest BCUT2D eigenvalue weighted by Crippen LogP contribution is 2.37. The first kappa shape index (κ1) is 18.6. The van der Waals surface area contributed by atoms with Crippen LogP contribution in [0.25, 0.3) is 0 Å². The quantitative estimate of drug-likeness (QED) is 0.184. The highest BCUT2D eigenvalue weighted by atomic mass is 32.1. The van der Waals surface area contributed by atoms with Crippen molar-refractivity contribution in [3.05, 3.63) is 0 Å². The maximum absolute atomic E-state index is 12.4. The number of carboxylic acids is 1. The lowest BCUT2D eigenvalue weighted by atomic mass is 9.68. The molecule has 1 aliphatic carbocycles. The standard InChI is InChI=1S/C13H21N3O5S/c1-12(15,16-10(19)7(14)6-22)13(11(20)21)8(17)4-2-3-5-9(13)18/h7,22H,2-6,14-15H2,1H3,(H,16,19)(H,20,21)/t7-,12?/m0/s1.